The van der Waals surface area contributed by atoms with E-state index in [1.807, 2.05) is 6.07 Å². The summed E-state index contributed by atoms with van der Waals surface area (Å²) in [6, 6.07) is 12.7. The summed E-state index contributed by atoms with van der Waals surface area (Å²) in [5, 5.41) is 18.9. The highest BCUT2D eigenvalue weighted by Gasteiger charge is 2.40. The van der Waals surface area contributed by atoms with Crippen molar-refractivity contribution >= 4 is 10.0 Å². The number of aliphatic hydroxyl groups excluding tert-OH is 1. The number of nitriles is 1. The Balaban J connectivity index is 2.01. The van der Waals surface area contributed by atoms with Gasteiger partial charge in [-0.05, 0) is 42.3 Å². The van der Waals surface area contributed by atoms with E-state index >= 15 is 0 Å². The van der Waals surface area contributed by atoms with Gasteiger partial charge >= 0.3 is 0 Å². The number of benzene rings is 2. The topological polar surface area (TPSA) is 81.4 Å². The number of rotatable bonds is 3. The molecule has 3 rings (SSSR count). The van der Waals surface area contributed by atoms with Gasteiger partial charge in [0.1, 0.15) is 5.82 Å². The largest absolute Gasteiger partial charge is 0.392 e. The SMILES string of the molecule is N#Cc1cccc(S(=O)(=O)N2CC(O)CC2c2ccc(F)cc2)c1. The van der Waals surface area contributed by atoms with Gasteiger partial charge in [-0.1, -0.05) is 18.2 Å². The van der Waals surface area contributed by atoms with E-state index in [1.54, 1.807) is 0 Å². The van der Waals surface area contributed by atoms with Gasteiger partial charge in [0.15, 0.2) is 0 Å². The molecule has 0 aromatic heterocycles. The first-order chi connectivity index (χ1) is 11.4. The lowest BCUT2D eigenvalue weighted by Crippen LogP contribution is -2.32. The van der Waals surface area contributed by atoms with Crippen molar-refractivity contribution in [3.05, 3.63) is 65.5 Å². The van der Waals surface area contributed by atoms with Crippen LogP contribution in [0.4, 0.5) is 4.39 Å². The van der Waals surface area contributed by atoms with Gasteiger partial charge in [0.25, 0.3) is 0 Å². The minimum Gasteiger partial charge on any atom is -0.392 e. The summed E-state index contributed by atoms with van der Waals surface area (Å²) in [4.78, 5) is 0.00256. The minimum absolute atomic E-state index is 0.00256. The number of β-amino-alcohol motifs (C(OH)–C–C–N with tert-alkyl or cyclic N) is 1. The molecule has 2 atom stereocenters. The minimum atomic E-state index is -3.88. The average Bonchev–Trinajstić information content (AvgIpc) is 2.98. The molecule has 0 saturated carbocycles. The van der Waals surface area contributed by atoms with Crippen molar-refractivity contribution in [2.24, 2.45) is 0 Å². The van der Waals surface area contributed by atoms with E-state index in [2.05, 4.69) is 0 Å². The second-order valence-corrected chi connectivity index (χ2v) is 7.56. The first kappa shape index (κ1) is 16.6. The van der Waals surface area contributed by atoms with Crippen molar-refractivity contribution in [1.82, 2.24) is 4.31 Å². The Morgan fingerprint density at radius 2 is 1.92 bits per heavy atom. The van der Waals surface area contributed by atoms with Crippen LogP contribution in [0.1, 0.15) is 23.6 Å². The zero-order chi connectivity index (χ0) is 17.3. The van der Waals surface area contributed by atoms with Crippen LogP contribution in [0.2, 0.25) is 0 Å². The molecule has 1 aliphatic rings. The van der Waals surface area contributed by atoms with Crippen LogP contribution in [0.3, 0.4) is 0 Å². The summed E-state index contributed by atoms with van der Waals surface area (Å²) in [6.45, 7) is -0.0405. The van der Waals surface area contributed by atoms with Crippen LogP contribution in [-0.2, 0) is 10.0 Å². The van der Waals surface area contributed by atoms with Crippen LogP contribution < -0.4 is 0 Å². The molecular weight excluding hydrogens is 331 g/mol. The summed E-state index contributed by atoms with van der Waals surface area (Å²) in [7, 11) is -3.88. The van der Waals surface area contributed by atoms with Gasteiger partial charge in [-0.2, -0.15) is 9.57 Å². The molecule has 5 nitrogen and oxygen atoms in total. The van der Waals surface area contributed by atoms with Crippen LogP contribution in [0.15, 0.2) is 53.4 Å². The zero-order valence-corrected chi connectivity index (χ0v) is 13.4. The molecule has 1 saturated heterocycles. The number of aliphatic hydroxyl groups is 1. The smallest absolute Gasteiger partial charge is 0.243 e. The van der Waals surface area contributed by atoms with Crippen molar-refractivity contribution in [1.29, 1.82) is 5.26 Å². The summed E-state index contributed by atoms with van der Waals surface area (Å²) >= 11 is 0. The van der Waals surface area contributed by atoms with Crippen LogP contribution in [-0.4, -0.2) is 30.5 Å². The molecule has 0 amide bonds. The quantitative estimate of drug-likeness (QED) is 0.924. The Hall–Kier alpha value is -2.27. The summed E-state index contributed by atoms with van der Waals surface area (Å²) in [6.07, 6.45) is -0.558. The average molecular weight is 346 g/mol. The van der Waals surface area contributed by atoms with Crippen LogP contribution in [0, 0.1) is 17.1 Å². The first-order valence-electron chi connectivity index (χ1n) is 7.37. The molecule has 1 heterocycles. The predicted octanol–water partition coefficient (Wildman–Crippen LogP) is 2.19. The van der Waals surface area contributed by atoms with E-state index in [0.29, 0.717) is 5.56 Å². The molecule has 24 heavy (non-hydrogen) atoms. The summed E-state index contributed by atoms with van der Waals surface area (Å²) in [5.41, 5.74) is 0.863. The van der Waals surface area contributed by atoms with Crippen molar-refractivity contribution in [3.8, 4) is 6.07 Å². The van der Waals surface area contributed by atoms with E-state index in [0.717, 1.165) is 0 Å². The third-order valence-corrected chi connectivity index (χ3v) is 5.93. The Labute approximate surface area is 139 Å². The lowest BCUT2D eigenvalue weighted by atomic mass is 10.0. The molecule has 0 aliphatic carbocycles. The lowest BCUT2D eigenvalue weighted by molar-refractivity contribution is 0.188. The monoisotopic (exact) mass is 346 g/mol. The molecule has 2 aromatic rings. The van der Waals surface area contributed by atoms with Crippen molar-refractivity contribution < 1.29 is 17.9 Å². The van der Waals surface area contributed by atoms with Crippen molar-refractivity contribution in [2.75, 3.05) is 6.54 Å². The molecule has 0 bridgehead atoms. The Morgan fingerprint density at radius 1 is 1.21 bits per heavy atom. The lowest BCUT2D eigenvalue weighted by Gasteiger charge is -2.24. The normalized spacial score (nSPS) is 21.5. The molecule has 1 fully saturated rings. The number of hydrogen-bond acceptors (Lipinski definition) is 4. The Morgan fingerprint density at radius 3 is 2.58 bits per heavy atom. The Bertz CT molecular complexity index is 891. The second-order valence-electron chi connectivity index (χ2n) is 5.67. The first-order valence-corrected chi connectivity index (χ1v) is 8.81. The fourth-order valence-corrected chi connectivity index (χ4v) is 4.61. The highest BCUT2D eigenvalue weighted by Crippen LogP contribution is 2.36. The van der Waals surface area contributed by atoms with E-state index < -0.39 is 28.0 Å². The van der Waals surface area contributed by atoms with Gasteiger partial charge in [-0.25, -0.2) is 12.8 Å². The fourth-order valence-electron chi connectivity index (χ4n) is 2.90. The van der Waals surface area contributed by atoms with E-state index in [9.17, 15) is 17.9 Å². The highest BCUT2D eigenvalue weighted by molar-refractivity contribution is 7.89. The molecule has 0 spiro atoms. The predicted molar refractivity (Wildman–Crippen MR) is 84.8 cm³/mol. The second kappa shape index (κ2) is 6.32. The number of sulfonamides is 1. The van der Waals surface area contributed by atoms with Crippen molar-refractivity contribution in [3.63, 3.8) is 0 Å². The van der Waals surface area contributed by atoms with Crippen LogP contribution in [0.25, 0.3) is 0 Å². The maximum absolute atomic E-state index is 13.1. The highest BCUT2D eigenvalue weighted by atomic mass is 32.2. The van der Waals surface area contributed by atoms with Gasteiger partial charge in [0.2, 0.25) is 10.0 Å². The molecule has 0 radical (unpaired) electrons. The van der Waals surface area contributed by atoms with Crippen LogP contribution in [0.5, 0.6) is 0 Å². The van der Waals surface area contributed by atoms with Gasteiger partial charge in [-0.3, -0.25) is 0 Å². The number of nitrogens with zero attached hydrogens (tertiary/aromatic N) is 2. The summed E-state index contributed by atoms with van der Waals surface area (Å²) in [5.74, 6) is -0.409. The molecule has 2 aromatic carbocycles. The van der Waals surface area contributed by atoms with Crippen molar-refractivity contribution in [2.45, 2.75) is 23.5 Å². The maximum atomic E-state index is 13.1. The van der Waals surface area contributed by atoms with E-state index in [4.69, 9.17) is 5.26 Å². The molecule has 7 heteroatoms. The third-order valence-electron chi connectivity index (χ3n) is 4.06. The molecule has 1 N–H and O–H groups in total. The van der Waals surface area contributed by atoms with Gasteiger partial charge in [0, 0.05) is 6.54 Å². The molecule has 2 unspecified atom stereocenters. The maximum Gasteiger partial charge on any atom is 0.243 e. The van der Waals surface area contributed by atoms with E-state index in [-0.39, 0.29) is 23.4 Å². The third kappa shape index (κ3) is 3.04. The van der Waals surface area contributed by atoms with Gasteiger partial charge in [-0.15, -0.1) is 0 Å². The van der Waals surface area contributed by atoms with E-state index in [1.165, 1.54) is 52.8 Å². The standard InChI is InChI=1S/C17H15FN2O3S/c18-14-6-4-13(5-7-14)17-9-15(21)11-20(17)24(22,23)16-3-1-2-12(8-16)10-19/h1-8,15,17,21H,9,11H2. The van der Waals surface area contributed by atoms with Crippen LogP contribution >= 0.6 is 0 Å². The number of halogens is 1. The molecule has 124 valence electrons. The fraction of sp³-hybridized carbons (Fsp3) is 0.235. The van der Waals surface area contributed by atoms with Gasteiger partial charge in [0.05, 0.1) is 28.7 Å². The van der Waals surface area contributed by atoms with Gasteiger partial charge < -0.3 is 5.11 Å². The molecule has 1 aliphatic heterocycles. The number of hydrogen-bond donors (Lipinski definition) is 1. The zero-order valence-electron chi connectivity index (χ0n) is 12.6. The molecular formula is C17H15FN2O3S. The summed E-state index contributed by atoms with van der Waals surface area (Å²) < 4.78 is 40.2. The Kier molecular flexibility index (Phi) is 4.37.